The van der Waals surface area contributed by atoms with Crippen LogP contribution in [0, 0.1) is 6.20 Å². The second-order valence-electron chi connectivity index (χ2n) is 2.84. The fourth-order valence-corrected chi connectivity index (χ4v) is 1.34. The van der Waals surface area contributed by atoms with E-state index in [9.17, 15) is 4.79 Å². The molecule has 1 aromatic heterocycles. The van der Waals surface area contributed by atoms with E-state index in [1.807, 2.05) is 0 Å². The number of fused-ring (bicyclic) bond motifs is 1. The zero-order chi connectivity index (χ0) is 10.1. The Morgan fingerprint density at radius 3 is 3.00 bits per heavy atom. The third-order valence-electron chi connectivity index (χ3n) is 2.03. The number of rotatable bonds is 2. The van der Waals surface area contributed by atoms with E-state index in [4.69, 9.17) is 9.84 Å². The first-order valence-corrected chi connectivity index (χ1v) is 4.03. The maximum Gasteiger partial charge on any atom is 0.338 e. The van der Waals surface area contributed by atoms with E-state index in [-0.39, 0.29) is 5.56 Å². The first-order valence-electron chi connectivity index (χ1n) is 4.03. The molecular formula is C10H8NO3. The molecule has 0 amide bonds. The number of H-pyrrole nitrogens is 1. The van der Waals surface area contributed by atoms with E-state index >= 15 is 0 Å². The lowest BCUT2D eigenvalue weighted by Gasteiger charge is -1.98. The van der Waals surface area contributed by atoms with Crippen molar-refractivity contribution in [2.45, 2.75) is 0 Å². The van der Waals surface area contributed by atoms with E-state index in [1.165, 1.54) is 0 Å². The Morgan fingerprint density at radius 2 is 2.36 bits per heavy atom. The SMILES string of the molecule is COc1ccc2c(C(=O)O)[c][nH]c2c1. The molecule has 0 saturated heterocycles. The summed E-state index contributed by atoms with van der Waals surface area (Å²) in [4.78, 5) is 13.5. The van der Waals surface area contributed by atoms with Crippen molar-refractivity contribution in [2.75, 3.05) is 7.11 Å². The van der Waals surface area contributed by atoms with Crippen LogP contribution in [-0.2, 0) is 0 Å². The molecule has 4 nitrogen and oxygen atoms in total. The van der Waals surface area contributed by atoms with Gasteiger partial charge in [0.25, 0.3) is 0 Å². The number of benzene rings is 1. The minimum atomic E-state index is -0.985. The van der Waals surface area contributed by atoms with Crippen LogP contribution in [-0.4, -0.2) is 23.2 Å². The number of aromatic carboxylic acids is 1. The quantitative estimate of drug-likeness (QED) is 0.757. The fraction of sp³-hybridized carbons (Fsp3) is 0.100. The molecule has 4 heteroatoms. The molecule has 1 aromatic carbocycles. The highest BCUT2D eigenvalue weighted by atomic mass is 16.5. The number of aromatic amines is 1. The Labute approximate surface area is 80.1 Å². The normalized spacial score (nSPS) is 10.4. The van der Waals surface area contributed by atoms with Gasteiger partial charge in [0.15, 0.2) is 0 Å². The Balaban J connectivity index is 2.65. The highest BCUT2D eigenvalue weighted by Crippen LogP contribution is 2.22. The largest absolute Gasteiger partial charge is 0.497 e. The van der Waals surface area contributed by atoms with E-state index in [0.717, 1.165) is 0 Å². The summed E-state index contributed by atoms with van der Waals surface area (Å²) in [7, 11) is 1.56. The third kappa shape index (κ3) is 1.21. The zero-order valence-electron chi connectivity index (χ0n) is 7.50. The van der Waals surface area contributed by atoms with Crippen LogP contribution in [0.1, 0.15) is 10.4 Å². The average molecular weight is 190 g/mol. The number of nitrogens with one attached hydrogen (secondary N) is 1. The standard InChI is InChI=1S/C10H8NO3/c1-14-6-2-3-7-8(10(12)13)5-11-9(7)4-6/h2-4,11H,1H3,(H,12,13). The molecule has 0 aliphatic heterocycles. The fourth-order valence-electron chi connectivity index (χ4n) is 1.34. The molecule has 0 fully saturated rings. The summed E-state index contributed by atoms with van der Waals surface area (Å²) in [5.74, 6) is -0.300. The highest BCUT2D eigenvalue weighted by molar-refractivity contribution is 6.03. The van der Waals surface area contributed by atoms with Crippen molar-refractivity contribution in [2.24, 2.45) is 0 Å². The van der Waals surface area contributed by atoms with Gasteiger partial charge in [-0.1, -0.05) is 0 Å². The van der Waals surface area contributed by atoms with Gasteiger partial charge in [-0.15, -0.1) is 0 Å². The Morgan fingerprint density at radius 1 is 1.57 bits per heavy atom. The van der Waals surface area contributed by atoms with Gasteiger partial charge in [0.05, 0.1) is 24.4 Å². The van der Waals surface area contributed by atoms with Gasteiger partial charge in [0.2, 0.25) is 0 Å². The van der Waals surface area contributed by atoms with Crippen molar-refractivity contribution in [1.82, 2.24) is 4.98 Å². The second kappa shape index (κ2) is 3.06. The molecule has 2 rings (SSSR count). The molecule has 0 bridgehead atoms. The van der Waals surface area contributed by atoms with Crippen molar-refractivity contribution in [3.63, 3.8) is 0 Å². The number of hydrogen-bond acceptors (Lipinski definition) is 2. The maximum atomic E-state index is 10.7. The van der Waals surface area contributed by atoms with Gasteiger partial charge < -0.3 is 14.8 Å². The number of methoxy groups -OCH3 is 1. The molecule has 14 heavy (non-hydrogen) atoms. The van der Waals surface area contributed by atoms with Gasteiger partial charge in [-0.05, 0) is 12.1 Å². The van der Waals surface area contributed by atoms with Gasteiger partial charge >= 0.3 is 5.97 Å². The lowest BCUT2D eigenvalue weighted by molar-refractivity contribution is 0.0698. The Bertz CT molecular complexity index is 487. The van der Waals surface area contributed by atoms with Crippen molar-refractivity contribution in [3.8, 4) is 5.75 Å². The van der Waals surface area contributed by atoms with Crippen molar-refractivity contribution < 1.29 is 14.6 Å². The molecule has 0 saturated carbocycles. The van der Waals surface area contributed by atoms with E-state index in [0.29, 0.717) is 16.7 Å². The van der Waals surface area contributed by atoms with Crippen LogP contribution < -0.4 is 4.74 Å². The molecule has 0 atom stereocenters. The van der Waals surface area contributed by atoms with E-state index in [1.54, 1.807) is 25.3 Å². The summed E-state index contributed by atoms with van der Waals surface area (Å²) >= 11 is 0. The third-order valence-corrected chi connectivity index (χ3v) is 2.03. The molecule has 0 spiro atoms. The summed E-state index contributed by atoms with van der Waals surface area (Å²) in [5, 5.41) is 9.45. The molecule has 0 aliphatic rings. The number of carboxylic acid groups (broad SMARTS) is 1. The van der Waals surface area contributed by atoms with Crippen molar-refractivity contribution >= 4 is 16.9 Å². The van der Waals surface area contributed by atoms with E-state index < -0.39 is 5.97 Å². The summed E-state index contributed by atoms with van der Waals surface area (Å²) < 4.78 is 5.01. The van der Waals surface area contributed by atoms with Gasteiger partial charge in [0, 0.05) is 11.5 Å². The summed E-state index contributed by atoms with van der Waals surface area (Å²) in [5.41, 5.74) is 0.865. The minimum absolute atomic E-state index is 0.155. The lowest BCUT2D eigenvalue weighted by atomic mass is 10.2. The molecule has 0 aliphatic carbocycles. The van der Waals surface area contributed by atoms with Crippen LogP contribution in [0.2, 0.25) is 0 Å². The molecule has 71 valence electrons. The Kier molecular flexibility index (Phi) is 1.89. The first kappa shape index (κ1) is 8.62. The smallest absolute Gasteiger partial charge is 0.338 e. The molecule has 0 unspecified atom stereocenters. The Hall–Kier alpha value is -1.97. The predicted molar refractivity (Wildman–Crippen MR) is 50.6 cm³/mol. The first-order chi connectivity index (χ1) is 6.72. The van der Waals surface area contributed by atoms with E-state index in [2.05, 4.69) is 11.2 Å². The number of carboxylic acids is 1. The van der Waals surface area contributed by atoms with Gasteiger partial charge in [0.1, 0.15) is 5.75 Å². The minimum Gasteiger partial charge on any atom is -0.497 e. The topological polar surface area (TPSA) is 62.3 Å². The van der Waals surface area contributed by atoms with Crippen LogP contribution in [0.25, 0.3) is 10.9 Å². The van der Waals surface area contributed by atoms with Crippen molar-refractivity contribution in [3.05, 3.63) is 30.0 Å². The molecule has 2 aromatic rings. The zero-order valence-corrected chi connectivity index (χ0v) is 7.50. The van der Waals surface area contributed by atoms with Crippen LogP contribution >= 0.6 is 0 Å². The molecule has 2 N–H and O–H groups in total. The average Bonchev–Trinajstić information content (AvgIpc) is 2.59. The predicted octanol–water partition coefficient (Wildman–Crippen LogP) is 1.67. The monoisotopic (exact) mass is 190 g/mol. The van der Waals surface area contributed by atoms with Crippen molar-refractivity contribution in [1.29, 1.82) is 0 Å². The molecule has 1 heterocycles. The number of hydrogen-bond donors (Lipinski definition) is 2. The lowest BCUT2D eigenvalue weighted by Crippen LogP contribution is -1.93. The summed E-state index contributed by atoms with van der Waals surface area (Å²) in [6.07, 6.45) is 2.58. The summed E-state index contributed by atoms with van der Waals surface area (Å²) in [6.45, 7) is 0. The van der Waals surface area contributed by atoms with Crippen LogP contribution in [0.5, 0.6) is 5.75 Å². The van der Waals surface area contributed by atoms with Gasteiger partial charge in [-0.2, -0.15) is 0 Å². The number of carbonyl (C=O) groups is 1. The van der Waals surface area contributed by atoms with Crippen LogP contribution in [0.3, 0.4) is 0 Å². The molecule has 1 radical (unpaired) electrons. The summed E-state index contributed by atoms with van der Waals surface area (Å²) in [6, 6.07) is 5.15. The second-order valence-corrected chi connectivity index (χ2v) is 2.84. The molecular weight excluding hydrogens is 182 g/mol. The van der Waals surface area contributed by atoms with Crippen LogP contribution in [0.15, 0.2) is 18.2 Å². The highest BCUT2D eigenvalue weighted by Gasteiger charge is 2.10. The number of ether oxygens (including phenoxy) is 1. The number of aromatic nitrogens is 1. The van der Waals surface area contributed by atoms with Gasteiger partial charge in [-0.3, -0.25) is 0 Å². The maximum absolute atomic E-state index is 10.7. The van der Waals surface area contributed by atoms with Gasteiger partial charge in [-0.25, -0.2) is 4.79 Å². The van der Waals surface area contributed by atoms with Crippen LogP contribution in [0.4, 0.5) is 0 Å².